The minimum absolute atomic E-state index is 1.03. The van der Waals surface area contributed by atoms with Gasteiger partial charge in [0.25, 0.3) is 0 Å². The van der Waals surface area contributed by atoms with Gasteiger partial charge in [-0.15, -0.1) is 0 Å². The molecule has 0 bridgehead atoms. The number of hydrogen-bond acceptors (Lipinski definition) is 1. The van der Waals surface area contributed by atoms with E-state index in [-0.39, 0.29) is 0 Å². The van der Waals surface area contributed by atoms with Crippen LogP contribution in [-0.2, 0) is 6.42 Å². The van der Waals surface area contributed by atoms with E-state index in [9.17, 15) is 0 Å². The van der Waals surface area contributed by atoms with Gasteiger partial charge in [0.15, 0.2) is 0 Å². The third kappa shape index (κ3) is 10.5. The SMILES string of the molecule is Brc1ccc(-c2ccccc2)cc1.c1ccc(-c2ccc(N(c3ccccc3)c3ccccc3)cc2)cc1.c1ccc(Cc2ccccc2)cc1. The van der Waals surface area contributed by atoms with Crippen molar-refractivity contribution in [3.05, 3.63) is 246 Å². The molecule has 0 saturated carbocycles. The third-order valence-electron chi connectivity index (χ3n) is 8.31. The molecule has 8 rings (SSSR count). The van der Waals surface area contributed by atoms with E-state index < -0.39 is 0 Å². The number of benzene rings is 8. The van der Waals surface area contributed by atoms with Crippen LogP contribution in [0.15, 0.2) is 235 Å². The molecule has 0 N–H and O–H groups in total. The lowest BCUT2D eigenvalue weighted by Gasteiger charge is -2.25. The van der Waals surface area contributed by atoms with E-state index in [1.54, 1.807) is 0 Å². The molecule has 0 heterocycles. The van der Waals surface area contributed by atoms with E-state index in [1.807, 2.05) is 24.3 Å². The van der Waals surface area contributed by atoms with Crippen LogP contribution in [-0.4, -0.2) is 0 Å². The fourth-order valence-electron chi connectivity index (χ4n) is 5.74. The van der Waals surface area contributed by atoms with E-state index in [1.165, 1.54) is 33.4 Å². The zero-order chi connectivity index (χ0) is 34.9. The Kier molecular flexibility index (Phi) is 12.8. The van der Waals surface area contributed by atoms with Crippen LogP contribution in [0.25, 0.3) is 22.3 Å². The van der Waals surface area contributed by atoms with Gasteiger partial charge in [-0.05, 0) is 88.3 Å². The number of rotatable bonds is 7. The van der Waals surface area contributed by atoms with Gasteiger partial charge in [0.2, 0.25) is 0 Å². The lowest BCUT2D eigenvalue weighted by Crippen LogP contribution is -2.09. The number of anilines is 3. The average molecular weight is 723 g/mol. The first kappa shape index (κ1) is 34.9. The van der Waals surface area contributed by atoms with Crippen LogP contribution in [0.3, 0.4) is 0 Å². The number of nitrogens with zero attached hydrogens (tertiary/aromatic N) is 1. The molecule has 0 spiro atoms. The number of halogens is 1. The van der Waals surface area contributed by atoms with Gasteiger partial charge >= 0.3 is 0 Å². The van der Waals surface area contributed by atoms with Crippen LogP contribution in [0.4, 0.5) is 17.1 Å². The van der Waals surface area contributed by atoms with Crippen molar-refractivity contribution in [2.45, 2.75) is 6.42 Å². The first-order chi connectivity index (χ1) is 25.2. The van der Waals surface area contributed by atoms with E-state index in [0.29, 0.717) is 0 Å². The number of hydrogen-bond donors (Lipinski definition) is 0. The van der Waals surface area contributed by atoms with Gasteiger partial charge in [-0.2, -0.15) is 0 Å². The van der Waals surface area contributed by atoms with Crippen molar-refractivity contribution in [2.24, 2.45) is 0 Å². The smallest absolute Gasteiger partial charge is 0.0462 e. The van der Waals surface area contributed by atoms with Crippen LogP contribution in [0.5, 0.6) is 0 Å². The first-order valence-corrected chi connectivity index (χ1v) is 18.0. The van der Waals surface area contributed by atoms with E-state index in [4.69, 9.17) is 0 Å². The lowest BCUT2D eigenvalue weighted by molar-refractivity contribution is 1.19. The molecule has 2 heteroatoms. The van der Waals surface area contributed by atoms with Crippen LogP contribution in [0.2, 0.25) is 0 Å². The molecular weight excluding hydrogens is 682 g/mol. The molecule has 8 aromatic carbocycles. The van der Waals surface area contributed by atoms with Gasteiger partial charge in [0.1, 0.15) is 0 Å². The zero-order valence-electron chi connectivity index (χ0n) is 28.5. The van der Waals surface area contributed by atoms with Crippen molar-refractivity contribution in [2.75, 3.05) is 4.90 Å². The minimum atomic E-state index is 1.03. The van der Waals surface area contributed by atoms with Crippen LogP contribution < -0.4 is 4.90 Å². The normalized spacial score (nSPS) is 10.1. The second kappa shape index (κ2) is 18.7. The highest BCUT2D eigenvalue weighted by molar-refractivity contribution is 9.10. The molecule has 0 radical (unpaired) electrons. The third-order valence-corrected chi connectivity index (χ3v) is 8.84. The number of para-hydroxylation sites is 2. The standard InChI is InChI=1S/C24H19N.C13H12.C12H9Br/c1-4-10-20(11-5-1)21-16-18-24(19-17-21)25(22-12-6-2-7-13-22)23-14-8-3-9-15-23;1-3-7-12(8-4-1)11-13-9-5-2-6-10-13;13-12-8-6-11(7-9-12)10-4-2-1-3-5-10/h1-19H;1-10H,11H2;1-9H. The van der Waals surface area contributed by atoms with Gasteiger partial charge in [0, 0.05) is 21.5 Å². The molecular formula is C49H40BrN. The topological polar surface area (TPSA) is 3.24 Å². The largest absolute Gasteiger partial charge is 0.311 e. The van der Waals surface area contributed by atoms with Crippen molar-refractivity contribution in [1.82, 2.24) is 0 Å². The van der Waals surface area contributed by atoms with Crippen molar-refractivity contribution < 1.29 is 0 Å². The molecule has 0 aliphatic heterocycles. The second-order valence-electron chi connectivity index (χ2n) is 11.9. The van der Waals surface area contributed by atoms with Gasteiger partial charge < -0.3 is 4.90 Å². The molecule has 0 aromatic heterocycles. The van der Waals surface area contributed by atoms with E-state index in [0.717, 1.165) is 28.0 Å². The van der Waals surface area contributed by atoms with E-state index >= 15 is 0 Å². The first-order valence-electron chi connectivity index (χ1n) is 17.2. The Morgan fingerprint density at radius 2 is 0.549 bits per heavy atom. The summed E-state index contributed by atoms with van der Waals surface area (Å²) in [5, 5.41) is 0. The molecule has 1 nitrogen and oxygen atoms in total. The summed E-state index contributed by atoms with van der Waals surface area (Å²) in [6.07, 6.45) is 1.03. The fraction of sp³-hybridized carbons (Fsp3) is 0.0204. The predicted molar refractivity (Wildman–Crippen MR) is 222 cm³/mol. The maximum absolute atomic E-state index is 3.42. The van der Waals surface area contributed by atoms with Crippen molar-refractivity contribution in [3.8, 4) is 22.3 Å². The summed E-state index contributed by atoms with van der Waals surface area (Å²) in [7, 11) is 0. The summed E-state index contributed by atoms with van der Waals surface area (Å²) < 4.78 is 1.12. The Morgan fingerprint density at radius 3 is 0.922 bits per heavy atom. The van der Waals surface area contributed by atoms with Gasteiger partial charge in [0.05, 0.1) is 0 Å². The zero-order valence-corrected chi connectivity index (χ0v) is 30.1. The monoisotopic (exact) mass is 721 g/mol. The van der Waals surface area contributed by atoms with Crippen LogP contribution in [0, 0.1) is 0 Å². The van der Waals surface area contributed by atoms with Crippen LogP contribution in [0.1, 0.15) is 11.1 Å². The molecule has 0 atom stereocenters. The molecule has 8 aromatic rings. The van der Waals surface area contributed by atoms with Crippen molar-refractivity contribution in [1.29, 1.82) is 0 Å². The Hall–Kier alpha value is -5.96. The summed E-state index contributed by atoms with van der Waals surface area (Å²) in [6.45, 7) is 0. The molecule has 0 aliphatic carbocycles. The molecule has 51 heavy (non-hydrogen) atoms. The fourth-order valence-corrected chi connectivity index (χ4v) is 6.00. The summed E-state index contributed by atoms with van der Waals surface area (Å²) in [5.41, 5.74) is 11.2. The predicted octanol–water partition coefficient (Wildman–Crippen LogP) is 14.2. The highest BCUT2D eigenvalue weighted by Crippen LogP contribution is 2.35. The minimum Gasteiger partial charge on any atom is -0.311 e. The second-order valence-corrected chi connectivity index (χ2v) is 12.9. The summed E-state index contributed by atoms with van der Waals surface area (Å²) in [6, 6.07) is 79.9. The Morgan fingerprint density at radius 1 is 0.275 bits per heavy atom. The molecule has 0 unspecified atom stereocenters. The maximum Gasteiger partial charge on any atom is 0.0462 e. The maximum atomic E-state index is 3.42. The van der Waals surface area contributed by atoms with E-state index in [2.05, 4.69) is 227 Å². The van der Waals surface area contributed by atoms with Crippen molar-refractivity contribution >= 4 is 33.0 Å². The Labute approximate surface area is 311 Å². The molecule has 0 saturated heterocycles. The molecule has 0 fully saturated rings. The summed E-state index contributed by atoms with van der Waals surface area (Å²) in [4.78, 5) is 2.27. The van der Waals surface area contributed by atoms with Gasteiger partial charge in [-0.25, -0.2) is 0 Å². The molecule has 0 aliphatic rings. The van der Waals surface area contributed by atoms with Crippen molar-refractivity contribution in [3.63, 3.8) is 0 Å². The highest BCUT2D eigenvalue weighted by Gasteiger charge is 2.11. The lowest BCUT2D eigenvalue weighted by atomic mass is 10.0. The Balaban J connectivity index is 0.000000145. The van der Waals surface area contributed by atoms with Crippen LogP contribution >= 0.6 is 15.9 Å². The average Bonchev–Trinajstić information content (AvgIpc) is 3.21. The summed E-state index contributed by atoms with van der Waals surface area (Å²) >= 11 is 3.42. The van der Waals surface area contributed by atoms with Gasteiger partial charge in [-0.1, -0.05) is 198 Å². The highest BCUT2D eigenvalue weighted by atomic mass is 79.9. The molecule has 248 valence electrons. The molecule has 0 amide bonds. The summed E-state index contributed by atoms with van der Waals surface area (Å²) in [5.74, 6) is 0. The Bertz CT molecular complexity index is 2040. The van der Waals surface area contributed by atoms with Gasteiger partial charge in [-0.3, -0.25) is 0 Å². The quantitative estimate of drug-likeness (QED) is 0.158.